The van der Waals surface area contributed by atoms with Crippen molar-refractivity contribution >= 4 is 40.1 Å². The lowest BCUT2D eigenvalue weighted by Gasteiger charge is -2.13. The molecule has 0 aliphatic heterocycles. The molecule has 0 saturated heterocycles. The predicted octanol–water partition coefficient (Wildman–Crippen LogP) is 2.32. The third-order valence-electron chi connectivity index (χ3n) is 2.80. The summed E-state index contributed by atoms with van der Waals surface area (Å²) in [5.74, 6) is 0. The molecule has 0 bridgehead atoms. The Kier molecular flexibility index (Phi) is 5.41. The van der Waals surface area contributed by atoms with Gasteiger partial charge in [0.2, 0.25) is 5.11 Å². The molecule has 0 atom stereocenters. The van der Waals surface area contributed by atoms with Crippen LogP contribution in [0.4, 0.5) is 22.7 Å². The second-order valence-corrected chi connectivity index (χ2v) is 4.85. The summed E-state index contributed by atoms with van der Waals surface area (Å²) in [6.45, 7) is 0. The SMILES string of the molecule is O=[N+]([O-])c1ccc(NNC(=S)NNc2ccc([N+](=O)[O-])cc2)cc1. The maximum absolute atomic E-state index is 10.5. The van der Waals surface area contributed by atoms with Crippen molar-refractivity contribution in [1.29, 1.82) is 0 Å². The van der Waals surface area contributed by atoms with E-state index in [0.29, 0.717) is 11.4 Å². The van der Waals surface area contributed by atoms with Crippen molar-refractivity contribution in [3.8, 4) is 0 Å². The van der Waals surface area contributed by atoms with Gasteiger partial charge in [0.1, 0.15) is 0 Å². The Morgan fingerprint density at radius 2 is 1.08 bits per heavy atom. The molecule has 0 saturated carbocycles. The molecule has 24 heavy (non-hydrogen) atoms. The maximum atomic E-state index is 10.5. The van der Waals surface area contributed by atoms with Crippen molar-refractivity contribution in [2.45, 2.75) is 0 Å². The van der Waals surface area contributed by atoms with Gasteiger partial charge in [0.05, 0.1) is 21.2 Å². The first-order valence-electron chi connectivity index (χ1n) is 6.52. The molecule has 0 heterocycles. The molecule has 124 valence electrons. The molecule has 2 rings (SSSR count). The highest BCUT2D eigenvalue weighted by Gasteiger charge is 2.05. The van der Waals surface area contributed by atoms with Gasteiger partial charge < -0.3 is 0 Å². The first kappa shape index (κ1) is 16.9. The highest BCUT2D eigenvalue weighted by molar-refractivity contribution is 7.80. The number of rotatable bonds is 6. The summed E-state index contributed by atoms with van der Waals surface area (Å²) >= 11 is 5.02. The Labute approximate surface area is 141 Å². The molecule has 2 aromatic rings. The lowest BCUT2D eigenvalue weighted by Crippen LogP contribution is -2.41. The molecule has 0 fully saturated rings. The Bertz CT molecular complexity index is 687. The Morgan fingerprint density at radius 3 is 1.38 bits per heavy atom. The van der Waals surface area contributed by atoms with E-state index in [-0.39, 0.29) is 16.5 Å². The van der Waals surface area contributed by atoms with Crippen molar-refractivity contribution < 1.29 is 9.85 Å². The van der Waals surface area contributed by atoms with E-state index >= 15 is 0 Å². The van der Waals surface area contributed by atoms with E-state index in [0.717, 1.165) is 0 Å². The van der Waals surface area contributed by atoms with Gasteiger partial charge in [-0.25, -0.2) is 0 Å². The van der Waals surface area contributed by atoms with Gasteiger partial charge in [0.25, 0.3) is 11.4 Å². The van der Waals surface area contributed by atoms with Crippen LogP contribution in [-0.2, 0) is 0 Å². The van der Waals surface area contributed by atoms with Crippen LogP contribution >= 0.6 is 12.2 Å². The third-order valence-corrected chi connectivity index (χ3v) is 3.00. The van der Waals surface area contributed by atoms with E-state index in [9.17, 15) is 20.2 Å². The van der Waals surface area contributed by atoms with Crippen molar-refractivity contribution in [1.82, 2.24) is 10.9 Å². The largest absolute Gasteiger partial charge is 0.299 e. The van der Waals surface area contributed by atoms with Gasteiger partial charge in [0.15, 0.2) is 0 Å². The average molecular weight is 348 g/mol. The van der Waals surface area contributed by atoms with Crippen molar-refractivity contribution in [2.24, 2.45) is 0 Å². The topological polar surface area (TPSA) is 134 Å². The molecule has 11 heteroatoms. The molecule has 0 spiro atoms. The number of anilines is 2. The molecular formula is C13H12N6O4S. The molecule has 10 nitrogen and oxygen atoms in total. The minimum atomic E-state index is -0.489. The van der Waals surface area contributed by atoms with Crippen LogP contribution in [0, 0.1) is 20.2 Å². The highest BCUT2D eigenvalue weighted by Crippen LogP contribution is 2.15. The second kappa shape index (κ2) is 7.69. The normalized spacial score (nSPS) is 9.67. The van der Waals surface area contributed by atoms with Gasteiger partial charge >= 0.3 is 0 Å². The zero-order valence-electron chi connectivity index (χ0n) is 12.1. The minimum Gasteiger partial charge on any atom is -0.299 e. The number of nitrogens with zero attached hydrogens (tertiary/aromatic N) is 2. The third kappa shape index (κ3) is 4.78. The number of thiocarbonyl (C=S) groups is 1. The zero-order valence-corrected chi connectivity index (χ0v) is 12.9. The summed E-state index contributed by atoms with van der Waals surface area (Å²) < 4.78 is 0. The van der Waals surface area contributed by atoms with E-state index in [1.165, 1.54) is 48.5 Å². The van der Waals surface area contributed by atoms with Gasteiger partial charge in [-0.3, -0.25) is 41.9 Å². The first-order valence-corrected chi connectivity index (χ1v) is 6.93. The highest BCUT2D eigenvalue weighted by atomic mass is 32.1. The minimum absolute atomic E-state index is 0.0129. The summed E-state index contributed by atoms with van der Waals surface area (Å²) in [7, 11) is 0. The van der Waals surface area contributed by atoms with E-state index < -0.39 is 9.85 Å². The molecule has 0 aromatic heterocycles. The van der Waals surface area contributed by atoms with Crippen molar-refractivity contribution in [2.75, 3.05) is 10.9 Å². The standard InChI is InChI=1S/C13H12N6O4S/c20-18(21)11-5-1-9(2-6-11)14-16-13(24)17-15-10-3-7-12(8-4-10)19(22)23/h1-8,14-15H,(H2,16,17,24). The Balaban J connectivity index is 1.78. The quantitative estimate of drug-likeness (QED) is 0.352. The number of nitro benzene ring substituents is 2. The van der Waals surface area contributed by atoms with E-state index in [2.05, 4.69) is 21.7 Å². The molecule has 4 N–H and O–H groups in total. The number of hydrazine groups is 2. The van der Waals surface area contributed by atoms with Crippen molar-refractivity contribution in [3.05, 3.63) is 68.8 Å². The van der Waals surface area contributed by atoms with Crippen LogP contribution in [0.2, 0.25) is 0 Å². The lowest BCUT2D eigenvalue weighted by atomic mass is 10.3. The van der Waals surface area contributed by atoms with Gasteiger partial charge in [-0.15, -0.1) is 0 Å². The van der Waals surface area contributed by atoms with Gasteiger partial charge in [-0.1, -0.05) is 0 Å². The van der Waals surface area contributed by atoms with Crippen LogP contribution in [0.5, 0.6) is 0 Å². The van der Waals surface area contributed by atoms with Crippen LogP contribution in [0.15, 0.2) is 48.5 Å². The van der Waals surface area contributed by atoms with Crippen LogP contribution in [0.3, 0.4) is 0 Å². The number of benzene rings is 2. The van der Waals surface area contributed by atoms with Gasteiger partial charge in [-0.2, -0.15) is 0 Å². The molecule has 2 aromatic carbocycles. The van der Waals surface area contributed by atoms with Gasteiger partial charge in [-0.05, 0) is 36.5 Å². The predicted molar refractivity (Wildman–Crippen MR) is 92.3 cm³/mol. The maximum Gasteiger partial charge on any atom is 0.269 e. The van der Waals surface area contributed by atoms with Crippen LogP contribution in [-0.4, -0.2) is 15.0 Å². The summed E-state index contributed by atoms with van der Waals surface area (Å²) in [5, 5.41) is 21.3. The summed E-state index contributed by atoms with van der Waals surface area (Å²) in [6, 6.07) is 11.5. The average Bonchev–Trinajstić information content (AvgIpc) is 2.58. The number of non-ortho nitro benzene ring substituents is 2. The molecule has 0 radical (unpaired) electrons. The van der Waals surface area contributed by atoms with Crippen LogP contribution in [0.25, 0.3) is 0 Å². The number of nitro groups is 2. The molecule has 0 aliphatic carbocycles. The zero-order chi connectivity index (χ0) is 17.5. The lowest BCUT2D eigenvalue weighted by molar-refractivity contribution is -0.385. The van der Waals surface area contributed by atoms with Gasteiger partial charge in [0, 0.05) is 24.3 Å². The molecular weight excluding hydrogens is 336 g/mol. The van der Waals surface area contributed by atoms with E-state index in [1.54, 1.807) is 0 Å². The number of nitrogens with one attached hydrogen (secondary N) is 4. The van der Waals surface area contributed by atoms with Crippen LogP contribution in [0.1, 0.15) is 0 Å². The van der Waals surface area contributed by atoms with Crippen molar-refractivity contribution in [3.63, 3.8) is 0 Å². The monoisotopic (exact) mass is 348 g/mol. The number of hydrogen-bond donors (Lipinski definition) is 4. The summed E-state index contributed by atoms with van der Waals surface area (Å²) in [5.41, 5.74) is 12.0. The second-order valence-electron chi connectivity index (χ2n) is 4.44. The Hall–Kier alpha value is -3.47. The fraction of sp³-hybridized carbons (Fsp3) is 0. The smallest absolute Gasteiger partial charge is 0.269 e. The number of hydrogen-bond acceptors (Lipinski definition) is 7. The van der Waals surface area contributed by atoms with E-state index in [4.69, 9.17) is 12.2 Å². The Morgan fingerprint density at radius 1 is 0.750 bits per heavy atom. The van der Waals surface area contributed by atoms with Crippen LogP contribution < -0.4 is 21.7 Å². The molecule has 0 unspecified atom stereocenters. The summed E-state index contributed by atoms with van der Waals surface area (Å²) in [6.07, 6.45) is 0. The van der Waals surface area contributed by atoms with E-state index in [1.807, 2.05) is 0 Å². The molecule has 0 amide bonds. The fourth-order valence-corrected chi connectivity index (χ4v) is 1.72. The fourth-order valence-electron chi connectivity index (χ4n) is 1.62. The molecule has 0 aliphatic rings. The first-order chi connectivity index (χ1) is 11.5. The summed E-state index contributed by atoms with van der Waals surface area (Å²) in [4.78, 5) is 20.1.